The molecule has 1 fully saturated rings. The summed E-state index contributed by atoms with van der Waals surface area (Å²) in [7, 11) is 4.65. The van der Waals surface area contributed by atoms with Crippen LogP contribution in [0, 0.1) is 12.8 Å². The number of hydrogen-bond donors (Lipinski definition) is 1. The van der Waals surface area contributed by atoms with Gasteiger partial charge < -0.3 is 24.4 Å². The lowest BCUT2D eigenvalue weighted by Crippen LogP contribution is -2.35. The van der Waals surface area contributed by atoms with Crippen molar-refractivity contribution in [2.24, 2.45) is 5.92 Å². The average molecular weight is 481 g/mol. The molecule has 1 aliphatic rings. The molecule has 2 amide bonds. The van der Waals surface area contributed by atoms with E-state index in [4.69, 9.17) is 14.2 Å². The fourth-order valence-corrected chi connectivity index (χ4v) is 5.20. The van der Waals surface area contributed by atoms with Crippen LogP contribution in [0.3, 0.4) is 0 Å². The Labute approximate surface area is 203 Å². The van der Waals surface area contributed by atoms with Gasteiger partial charge in [0.15, 0.2) is 11.5 Å². The Morgan fingerprint density at radius 2 is 1.74 bits per heavy atom. The van der Waals surface area contributed by atoms with Gasteiger partial charge >= 0.3 is 0 Å². The number of aryl methyl sites for hydroxylation is 1. The van der Waals surface area contributed by atoms with Gasteiger partial charge in [-0.05, 0) is 48.2 Å². The van der Waals surface area contributed by atoms with Gasteiger partial charge in [-0.15, -0.1) is 11.3 Å². The molecule has 2 heterocycles. The first-order valence-corrected chi connectivity index (χ1v) is 11.8. The maximum Gasteiger partial charge on any atom is 0.228 e. The Kier molecular flexibility index (Phi) is 7.07. The van der Waals surface area contributed by atoms with E-state index in [1.165, 1.54) is 0 Å². The second kappa shape index (κ2) is 10.2. The molecule has 178 valence electrons. The monoisotopic (exact) mass is 480 g/mol. The van der Waals surface area contributed by atoms with Gasteiger partial charge in [-0.2, -0.15) is 0 Å². The average Bonchev–Trinajstić information content (AvgIpc) is 3.50. The number of anilines is 1. The zero-order valence-corrected chi connectivity index (χ0v) is 20.5. The van der Waals surface area contributed by atoms with Crippen molar-refractivity contribution in [3.05, 3.63) is 69.9 Å². The van der Waals surface area contributed by atoms with Crippen molar-refractivity contribution in [1.82, 2.24) is 5.32 Å². The predicted molar refractivity (Wildman–Crippen MR) is 132 cm³/mol. The summed E-state index contributed by atoms with van der Waals surface area (Å²) in [4.78, 5) is 29.2. The van der Waals surface area contributed by atoms with Crippen LogP contribution < -0.4 is 24.4 Å². The molecular weight excluding hydrogens is 452 g/mol. The summed E-state index contributed by atoms with van der Waals surface area (Å²) in [5.41, 5.74) is 2.71. The number of benzene rings is 2. The number of thiophene rings is 1. The van der Waals surface area contributed by atoms with Crippen LogP contribution in [-0.2, 0) is 16.1 Å². The third-order valence-electron chi connectivity index (χ3n) is 6.00. The summed E-state index contributed by atoms with van der Waals surface area (Å²) in [6, 6.07) is 15.0. The standard InChI is InChI=1S/C26H28N2O5S/c1-16-7-9-18(10-8-16)28-23(29)14-19(24(28)22-6-5-11-34-22)26(30)27-15-17-12-20(31-2)25(33-4)21(13-17)32-3/h5-13,19,24H,14-15H2,1-4H3,(H,27,30). The third-order valence-corrected chi connectivity index (χ3v) is 6.94. The SMILES string of the molecule is COc1cc(CNC(=O)C2CC(=O)N(c3ccc(C)cc3)C2c2cccs2)cc(OC)c1OC. The fourth-order valence-electron chi connectivity index (χ4n) is 4.32. The molecule has 1 N–H and O–H groups in total. The molecule has 7 nitrogen and oxygen atoms in total. The van der Waals surface area contributed by atoms with Gasteiger partial charge in [0.2, 0.25) is 17.6 Å². The molecule has 0 spiro atoms. The number of rotatable bonds is 8. The quantitative estimate of drug-likeness (QED) is 0.514. The second-order valence-electron chi connectivity index (χ2n) is 8.12. The van der Waals surface area contributed by atoms with Crippen molar-refractivity contribution in [2.45, 2.75) is 25.9 Å². The normalized spacial score (nSPS) is 17.5. The summed E-state index contributed by atoms with van der Waals surface area (Å²) in [6.45, 7) is 2.27. The number of ether oxygens (including phenoxy) is 3. The summed E-state index contributed by atoms with van der Waals surface area (Å²) in [5, 5.41) is 4.98. The Morgan fingerprint density at radius 3 is 2.29 bits per heavy atom. The molecule has 1 aromatic heterocycles. The molecular formula is C26H28N2O5S. The van der Waals surface area contributed by atoms with Crippen LogP contribution in [0.25, 0.3) is 0 Å². The first-order valence-electron chi connectivity index (χ1n) is 11.0. The van der Waals surface area contributed by atoms with Crippen LogP contribution in [-0.4, -0.2) is 33.1 Å². The lowest BCUT2D eigenvalue weighted by molar-refractivity contribution is -0.126. The molecule has 1 saturated heterocycles. The first-order chi connectivity index (χ1) is 16.5. The van der Waals surface area contributed by atoms with E-state index in [1.807, 2.05) is 48.7 Å². The first kappa shape index (κ1) is 23.6. The van der Waals surface area contributed by atoms with E-state index >= 15 is 0 Å². The molecule has 34 heavy (non-hydrogen) atoms. The van der Waals surface area contributed by atoms with Gasteiger partial charge in [-0.1, -0.05) is 23.8 Å². The molecule has 0 aliphatic carbocycles. The number of carbonyl (C=O) groups is 2. The van der Waals surface area contributed by atoms with E-state index in [2.05, 4.69) is 5.32 Å². The van der Waals surface area contributed by atoms with Crippen LogP contribution in [0.4, 0.5) is 5.69 Å². The van der Waals surface area contributed by atoms with Crippen molar-refractivity contribution in [3.63, 3.8) is 0 Å². The second-order valence-corrected chi connectivity index (χ2v) is 9.10. The van der Waals surface area contributed by atoms with Gasteiger partial charge in [-0.3, -0.25) is 9.59 Å². The zero-order valence-electron chi connectivity index (χ0n) is 19.7. The molecule has 0 radical (unpaired) electrons. The van der Waals surface area contributed by atoms with Crippen molar-refractivity contribution in [3.8, 4) is 17.2 Å². The lowest BCUT2D eigenvalue weighted by atomic mass is 9.97. The third kappa shape index (κ3) is 4.59. The summed E-state index contributed by atoms with van der Waals surface area (Å²) in [5.74, 6) is 0.793. The highest BCUT2D eigenvalue weighted by molar-refractivity contribution is 7.10. The molecule has 8 heteroatoms. The van der Waals surface area contributed by atoms with Crippen molar-refractivity contribution < 1.29 is 23.8 Å². The van der Waals surface area contributed by atoms with Gasteiger partial charge in [0.25, 0.3) is 0 Å². The van der Waals surface area contributed by atoms with Crippen LogP contribution in [0.15, 0.2) is 53.9 Å². The highest BCUT2D eigenvalue weighted by Crippen LogP contribution is 2.43. The molecule has 2 atom stereocenters. The minimum absolute atomic E-state index is 0.0600. The Balaban J connectivity index is 1.58. The maximum atomic E-state index is 13.4. The van der Waals surface area contributed by atoms with Gasteiger partial charge in [0.1, 0.15) is 0 Å². The van der Waals surface area contributed by atoms with Gasteiger partial charge in [0.05, 0.1) is 33.3 Å². The van der Waals surface area contributed by atoms with E-state index in [1.54, 1.807) is 49.7 Å². The van der Waals surface area contributed by atoms with Crippen LogP contribution >= 0.6 is 11.3 Å². The molecule has 2 aromatic carbocycles. The Hall–Kier alpha value is -3.52. The van der Waals surface area contributed by atoms with E-state index in [-0.39, 0.29) is 30.8 Å². The van der Waals surface area contributed by atoms with Crippen LogP contribution in [0.1, 0.15) is 28.5 Å². The summed E-state index contributed by atoms with van der Waals surface area (Å²) in [6.07, 6.45) is 0.150. The predicted octanol–water partition coefficient (Wildman–Crippen LogP) is 4.49. The number of carbonyl (C=O) groups excluding carboxylic acids is 2. The molecule has 0 saturated carbocycles. The largest absolute Gasteiger partial charge is 0.493 e. The van der Waals surface area contributed by atoms with Crippen molar-refractivity contribution in [2.75, 3.05) is 26.2 Å². The summed E-state index contributed by atoms with van der Waals surface area (Å²) >= 11 is 1.55. The minimum Gasteiger partial charge on any atom is -0.493 e. The number of hydrogen-bond acceptors (Lipinski definition) is 6. The number of nitrogens with zero attached hydrogens (tertiary/aromatic N) is 1. The van der Waals surface area contributed by atoms with E-state index in [9.17, 15) is 9.59 Å². The van der Waals surface area contributed by atoms with E-state index < -0.39 is 5.92 Å². The van der Waals surface area contributed by atoms with E-state index in [0.29, 0.717) is 17.2 Å². The minimum atomic E-state index is -0.505. The molecule has 3 aromatic rings. The van der Waals surface area contributed by atoms with Crippen molar-refractivity contribution >= 4 is 28.8 Å². The van der Waals surface area contributed by atoms with E-state index in [0.717, 1.165) is 21.7 Å². The highest BCUT2D eigenvalue weighted by Gasteiger charge is 2.45. The zero-order chi connectivity index (χ0) is 24.2. The lowest BCUT2D eigenvalue weighted by Gasteiger charge is -2.27. The maximum absolute atomic E-state index is 13.4. The van der Waals surface area contributed by atoms with Crippen LogP contribution in [0.5, 0.6) is 17.2 Å². The number of amides is 2. The Bertz CT molecular complexity index is 1140. The highest BCUT2D eigenvalue weighted by atomic mass is 32.1. The van der Waals surface area contributed by atoms with Gasteiger partial charge in [0, 0.05) is 23.5 Å². The Morgan fingerprint density at radius 1 is 1.06 bits per heavy atom. The smallest absolute Gasteiger partial charge is 0.228 e. The molecule has 0 bridgehead atoms. The van der Waals surface area contributed by atoms with Crippen molar-refractivity contribution in [1.29, 1.82) is 0 Å². The number of nitrogens with one attached hydrogen (secondary N) is 1. The number of methoxy groups -OCH3 is 3. The topological polar surface area (TPSA) is 77.1 Å². The molecule has 2 unspecified atom stereocenters. The molecule has 4 rings (SSSR count). The fraction of sp³-hybridized carbons (Fsp3) is 0.308. The summed E-state index contributed by atoms with van der Waals surface area (Å²) < 4.78 is 16.2. The van der Waals surface area contributed by atoms with Gasteiger partial charge in [-0.25, -0.2) is 0 Å². The van der Waals surface area contributed by atoms with Crippen LogP contribution in [0.2, 0.25) is 0 Å². The molecule has 1 aliphatic heterocycles.